The van der Waals surface area contributed by atoms with Gasteiger partial charge < -0.3 is 5.11 Å². The predicted octanol–water partition coefficient (Wildman–Crippen LogP) is 1.99. The largest absolute Gasteiger partial charge is 0.481 e. The molecule has 0 atom stereocenters. The summed E-state index contributed by atoms with van der Waals surface area (Å²) in [6, 6.07) is 7.29. The van der Waals surface area contributed by atoms with Gasteiger partial charge in [-0.2, -0.15) is 12.6 Å². The van der Waals surface area contributed by atoms with Gasteiger partial charge in [-0.05, 0) is 17.7 Å². The lowest BCUT2D eigenvalue weighted by Crippen LogP contribution is -1.99. The van der Waals surface area contributed by atoms with Crippen LogP contribution in [0.5, 0.6) is 0 Å². The lowest BCUT2D eigenvalue weighted by atomic mass is 10.1. The highest BCUT2D eigenvalue weighted by atomic mass is 32.1. The van der Waals surface area contributed by atoms with Gasteiger partial charge in [-0.3, -0.25) is 4.79 Å². The van der Waals surface area contributed by atoms with Crippen LogP contribution in [-0.2, 0) is 11.2 Å². The first-order valence-corrected chi connectivity index (χ1v) is 5.26. The Hall–Kier alpha value is -1.40. The molecule has 0 spiro atoms. The van der Waals surface area contributed by atoms with Crippen molar-refractivity contribution in [3.63, 3.8) is 0 Å². The van der Waals surface area contributed by atoms with E-state index in [0.717, 1.165) is 23.3 Å². The Morgan fingerprint density at radius 1 is 1.47 bits per heavy atom. The van der Waals surface area contributed by atoms with E-state index in [-0.39, 0.29) is 6.42 Å². The Morgan fingerprint density at radius 2 is 2.27 bits per heavy atom. The second-order valence-electron chi connectivity index (χ2n) is 3.05. The summed E-state index contributed by atoms with van der Waals surface area (Å²) in [6.45, 7) is 0. The molecule has 1 rings (SSSR count). The molecule has 0 aliphatic heterocycles. The van der Waals surface area contributed by atoms with E-state index >= 15 is 0 Å². The first-order chi connectivity index (χ1) is 7.22. The van der Waals surface area contributed by atoms with Crippen molar-refractivity contribution < 1.29 is 9.90 Å². The van der Waals surface area contributed by atoms with E-state index in [9.17, 15) is 4.79 Å². The van der Waals surface area contributed by atoms with E-state index in [1.807, 2.05) is 12.1 Å². The molecule has 0 aromatic heterocycles. The quantitative estimate of drug-likeness (QED) is 0.604. The van der Waals surface area contributed by atoms with Gasteiger partial charge in [0.25, 0.3) is 0 Å². The number of carboxylic acids is 1. The Morgan fingerprint density at radius 3 is 2.93 bits per heavy atom. The molecule has 0 radical (unpaired) electrons. The van der Waals surface area contributed by atoms with Gasteiger partial charge in [-0.15, -0.1) is 0 Å². The summed E-state index contributed by atoms with van der Waals surface area (Å²) in [4.78, 5) is 10.5. The lowest BCUT2D eigenvalue weighted by molar-refractivity contribution is -0.136. The molecular formula is C12H12O2S. The molecule has 0 unspecified atom stereocenters. The number of carboxylic acid groups (broad SMARTS) is 1. The fraction of sp³-hybridized carbons (Fsp3) is 0.250. The number of thiol groups is 1. The van der Waals surface area contributed by atoms with Crippen molar-refractivity contribution in [3.05, 3.63) is 35.4 Å². The van der Waals surface area contributed by atoms with Crippen LogP contribution in [0.25, 0.3) is 0 Å². The molecule has 1 N–H and O–H groups in total. The van der Waals surface area contributed by atoms with Gasteiger partial charge in [-0.25, -0.2) is 0 Å². The van der Waals surface area contributed by atoms with Crippen molar-refractivity contribution in [2.75, 3.05) is 5.75 Å². The summed E-state index contributed by atoms with van der Waals surface area (Å²) in [5.41, 5.74) is 1.63. The monoisotopic (exact) mass is 220 g/mol. The number of rotatable bonds is 3. The molecule has 0 aliphatic carbocycles. The topological polar surface area (TPSA) is 37.3 Å². The standard InChI is InChI=1S/C12H12O2S/c13-12(14)9-11-6-3-5-10(8-11)4-1-2-7-15/h3,5-6,8,15H,2,7,9H2,(H,13,14). The first kappa shape index (κ1) is 11.7. The van der Waals surface area contributed by atoms with E-state index in [0.29, 0.717) is 0 Å². The maximum atomic E-state index is 10.5. The van der Waals surface area contributed by atoms with Crippen LogP contribution in [0.4, 0.5) is 0 Å². The van der Waals surface area contributed by atoms with Crippen LogP contribution in [0.2, 0.25) is 0 Å². The molecule has 0 saturated carbocycles. The normalized spacial score (nSPS) is 9.13. The highest BCUT2D eigenvalue weighted by Crippen LogP contribution is 2.05. The molecular weight excluding hydrogens is 208 g/mol. The molecule has 78 valence electrons. The SMILES string of the molecule is O=C(O)Cc1cccc(C#CCCS)c1. The lowest BCUT2D eigenvalue weighted by Gasteiger charge is -1.97. The molecule has 3 heteroatoms. The predicted molar refractivity (Wildman–Crippen MR) is 63.1 cm³/mol. The maximum Gasteiger partial charge on any atom is 0.307 e. The van der Waals surface area contributed by atoms with E-state index < -0.39 is 5.97 Å². The third-order valence-electron chi connectivity index (χ3n) is 1.75. The van der Waals surface area contributed by atoms with Crippen LogP contribution in [0.1, 0.15) is 17.5 Å². The highest BCUT2D eigenvalue weighted by Gasteiger charge is 1.99. The van der Waals surface area contributed by atoms with Crippen LogP contribution in [0.3, 0.4) is 0 Å². The van der Waals surface area contributed by atoms with Crippen LogP contribution in [0, 0.1) is 11.8 Å². The summed E-state index contributed by atoms with van der Waals surface area (Å²) in [6.07, 6.45) is 0.786. The highest BCUT2D eigenvalue weighted by molar-refractivity contribution is 7.80. The number of aliphatic carboxylic acids is 1. The zero-order valence-electron chi connectivity index (χ0n) is 8.23. The summed E-state index contributed by atoms with van der Waals surface area (Å²) >= 11 is 4.05. The Labute approximate surface area is 94.7 Å². The smallest absolute Gasteiger partial charge is 0.307 e. The average Bonchev–Trinajstić information content (AvgIpc) is 2.18. The second-order valence-corrected chi connectivity index (χ2v) is 3.49. The summed E-state index contributed by atoms with van der Waals surface area (Å²) < 4.78 is 0. The van der Waals surface area contributed by atoms with E-state index in [2.05, 4.69) is 24.5 Å². The summed E-state index contributed by atoms with van der Waals surface area (Å²) in [7, 11) is 0. The molecule has 1 aromatic rings. The molecule has 0 fully saturated rings. The van der Waals surface area contributed by atoms with E-state index in [4.69, 9.17) is 5.11 Å². The second kappa shape index (κ2) is 6.15. The van der Waals surface area contributed by atoms with Crippen molar-refractivity contribution >= 4 is 18.6 Å². The van der Waals surface area contributed by atoms with Gasteiger partial charge in [0.05, 0.1) is 6.42 Å². The minimum absolute atomic E-state index is 0.0437. The molecule has 0 amide bonds. The van der Waals surface area contributed by atoms with Crippen molar-refractivity contribution in [3.8, 4) is 11.8 Å². The number of hydrogen-bond acceptors (Lipinski definition) is 2. The average molecular weight is 220 g/mol. The fourth-order valence-electron chi connectivity index (χ4n) is 1.15. The van der Waals surface area contributed by atoms with Gasteiger partial charge in [0, 0.05) is 17.7 Å². The van der Waals surface area contributed by atoms with Gasteiger partial charge >= 0.3 is 5.97 Å². The Balaban J connectivity index is 2.75. The third-order valence-corrected chi connectivity index (χ3v) is 1.98. The Bertz CT molecular complexity index is 402. The number of carbonyl (C=O) groups is 1. The van der Waals surface area contributed by atoms with E-state index in [1.165, 1.54) is 0 Å². The molecule has 1 aromatic carbocycles. The third kappa shape index (κ3) is 4.57. The van der Waals surface area contributed by atoms with Crippen molar-refractivity contribution in [2.45, 2.75) is 12.8 Å². The molecule has 2 nitrogen and oxygen atoms in total. The zero-order chi connectivity index (χ0) is 11.1. The molecule has 0 saturated heterocycles. The minimum Gasteiger partial charge on any atom is -0.481 e. The van der Waals surface area contributed by atoms with E-state index in [1.54, 1.807) is 12.1 Å². The van der Waals surface area contributed by atoms with Crippen LogP contribution in [-0.4, -0.2) is 16.8 Å². The minimum atomic E-state index is -0.824. The fourth-order valence-corrected chi connectivity index (χ4v) is 1.27. The molecule has 0 aliphatic rings. The summed E-state index contributed by atoms with van der Waals surface area (Å²) in [5, 5.41) is 8.63. The van der Waals surface area contributed by atoms with Crippen LogP contribution >= 0.6 is 12.6 Å². The van der Waals surface area contributed by atoms with Crippen molar-refractivity contribution in [1.82, 2.24) is 0 Å². The zero-order valence-corrected chi connectivity index (χ0v) is 9.13. The van der Waals surface area contributed by atoms with Gasteiger partial charge in [0.1, 0.15) is 0 Å². The van der Waals surface area contributed by atoms with Gasteiger partial charge in [0.15, 0.2) is 0 Å². The maximum absolute atomic E-state index is 10.5. The number of benzene rings is 1. The molecule has 0 bridgehead atoms. The van der Waals surface area contributed by atoms with Crippen molar-refractivity contribution in [1.29, 1.82) is 0 Å². The molecule has 15 heavy (non-hydrogen) atoms. The van der Waals surface area contributed by atoms with Gasteiger partial charge in [-0.1, -0.05) is 24.0 Å². The number of hydrogen-bond donors (Lipinski definition) is 2. The molecule has 0 heterocycles. The Kier molecular flexibility index (Phi) is 4.79. The van der Waals surface area contributed by atoms with Crippen LogP contribution < -0.4 is 0 Å². The first-order valence-electron chi connectivity index (χ1n) is 4.63. The summed E-state index contributed by atoms with van der Waals surface area (Å²) in [5.74, 6) is 5.84. The van der Waals surface area contributed by atoms with Crippen LogP contribution in [0.15, 0.2) is 24.3 Å². The van der Waals surface area contributed by atoms with Gasteiger partial charge in [0.2, 0.25) is 0 Å². The van der Waals surface area contributed by atoms with Crippen molar-refractivity contribution in [2.24, 2.45) is 0 Å².